The molecule has 166 valence electrons. The van der Waals surface area contributed by atoms with Crippen LogP contribution in [0.2, 0.25) is 0 Å². The molecule has 4 aromatic rings. The Balaban J connectivity index is 0.000000401. The predicted molar refractivity (Wildman–Crippen MR) is 129 cm³/mol. The van der Waals surface area contributed by atoms with Gasteiger partial charge in [-0.25, -0.2) is 0 Å². The Morgan fingerprint density at radius 3 is 0.812 bits per heavy atom. The molecule has 0 radical (unpaired) electrons. The molecular formula is C28H31O3Zr-. The van der Waals surface area contributed by atoms with Crippen LogP contribution in [0.1, 0.15) is 19.4 Å². The zero-order valence-electron chi connectivity index (χ0n) is 18.6. The third-order valence-electron chi connectivity index (χ3n) is 3.82. The number of phenolic OH excluding ortho intramolecular Hbond substituents is 3. The van der Waals surface area contributed by atoms with E-state index in [-0.39, 0.29) is 31.6 Å². The van der Waals surface area contributed by atoms with Crippen LogP contribution in [0, 0.1) is 6.92 Å². The molecule has 0 fully saturated rings. The molecule has 0 spiro atoms. The molecule has 3 N–H and O–H groups in total. The maximum atomic E-state index is 8.63. The summed E-state index contributed by atoms with van der Waals surface area (Å²) in [6.07, 6.45) is 0. The van der Waals surface area contributed by atoms with E-state index in [9.17, 15) is 0 Å². The number of phenols is 3. The minimum atomic E-state index is 0. The maximum absolute atomic E-state index is 8.63. The summed E-state index contributed by atoms with van der Waals surface area (Å²) >= 11 is 0. The van der Waals surface area contributed by atoms with Crippen molar-refractivity contribution in [3.8, 4) is 17.2 Å². The van der Waals surface area contributed by atoms with Gasteiger partial charge in [-0.2, -0.15) is 0 Å². The quantitative estimate of drug-likeness (QED) is 0.244. The monoisotopic (exact) mass is 505 g/mol. The molecule has 4 aromatic carbocycles. The molecule has 0 atom stereocenters. The summed E-state index contributed by atoms with van der Waals surface area (Å²) in [5.41, 5.74) is 1.33. The van der Waals surface area contributed by atoms with Crippen molar-refractivity contribution in [1.82, 2.24) is 0 Å². The van der Waals surface area contributed by atoms with Crippen molar-refractivity contribution < 1.29 is 41.5 Å². The van der Waals surface area contributed by atoms with Crippen LogP contribution >= 0.6 is 0 Å². The van der Waals surface area contributed by atoms with Gasteiger partial charge in [0.05, 0.1) is 0 Å². The molecular weight excluding hydrogens is 476 g/mol. The van der Waals surface area contributed by atoms with Crippen molar-refractivity contribution in [2.24, 2.45) is 0 Å². The first-order valence-electron chi connectivity index (χ1n) is 9.92. The van der Waals surface area contributed by atoms with Crippen molar-refractivity contribution in [2.45, 2.75) is 19.3 Å². The van der Waals surface area contributed by atoms with Crippen LogP contribution in [0.15, 0.2) is 121 Å². The van der Waals surface area contributed by atoms with Crippen molar-refractivity contribution >= 4 is 0 Å². The number of hydrogen-bond acceptors (Lipinski definition) is 3. The summed E-state index contributed by atoms with van der Waals surface area (Å²) in [6, 6.07) is 36.5. The van der Waals surface area contributed by atoms with Crippen LogP contribution in [-0.2, 0) is 31.6 Å². The molecule has 0 bridgehead atoms. The van der Waals surface area contributed by atoms with Gasteiger partial charge in [0.2, 0.25) is 0 Å². The SMILES string of the molecule is Oc1ccccc1.Oc1ccccc1.Oc1ccccc1.[CH2-]C(C)(C)c1ccccc1.[Zr]. The van der Waals surface area contributed by atoms with Gasteiger partial charge in [0.1, 0.15) is 17.2 Å². The van der Waals surface area contributed by atoms with E-state index < -0.39 is 0 Å². The van der Waals surface area contributed by atoms with E-state index in [0.717, 1.165) is 0 Å². The van der Waals surface area contributed by atoms with Gasteiger partial charge in [-0.15, -0.1) is 5.41 Å². The Bertz CT molecular complexity index is 835. The largest absolute Gasteiger partial charge is 0.508 e. The van der Waals surface area contributed by atoms with E-state index in [4.69, 9.17) is 15.3 Å². The van der Waals surface area contributed by atoms with E-state index in [0.29, 0.717) is 17.2 Å². The average molecular weight is 507 g/mol. The molecule has 0 heterocycles. The van der Waals surface area contributed by atoms with E-state index in [1.165, 1.54) is 5.56 Å². The Hall–Kier alpha value is -2.84. The van der Waals surface area contributed by atoms with E-state index in [1.54, 1.807) is 72.8 Å². The second-order valence-corrected chi connectivity index (χ2v) is 7.26. The second-order valence-electron chi connectivity index (χ2n) is 7.26. The van der Waals surface area contributed by atoms with Crippen LogP contribution in [0.4, 0.5) is 0 Å². The van der Waals surface area contributed by atoms with Crippen molar-refractivity contribution in [3.05, 3.63) is 134 Å². The Morgan fingerprint density at radius 2 is 0.688 bits per heavy atom. The van der Waals surface area contributed by atoms with Gasteiger partial charge in [-0.3, -0.25) is 0 Å². The minimum Gasteiger partial charge on any atom is -0.508 e. The third-order valence-corrected chi connectivity index (χ3v) is 3.82. The molecule has 0 aliphatic carbocycles. The van der Waals surface area contributed by atoms with Crippen LogP contribution < -0.4 is 0 Å². The molecule has 4 heteroatoms. The topological polar surface area (TPSA) is 60.7 Å². The zero-order valence-corrected chi connectivity index (χ0v) is 21.1. The summed E-state index contributed by atoms with van der Waals surface area (Å²) in [7, 11) is 0. The van der Waals surface area contributed by atoms with Gasteiger partial charge in [-0.05, 0) is 36.4 Å². The van der Waals surface area contributed by atoms with Gasteiger partial charge in [0.15, 0.2) is 0 Å². The van der Waals surface area contributed by atoms with Crippen LogP contribution in [0.3, 0.4) is 0 Å². The number of aromatic hydroxyl groups is 3. The second kappa shape index (κ2) is 16.8. The summed E-state index contributed by atoms with van der Waals surface area (Å²) in [4.78, 5) is 0. The van der Waals surface area contributed by atoms with Gasteiger partial charge >= 0.3 is 0 Å². The number of benzene rings is 4. The Morgan fingerprint density at radius 1 is 0.469 bits per heavy atom. The molecule has 4 rings (SSSR count). The number of rotatable bonds is 1. The van der Waals surface area contributed by atoms with E-state index >= 15 is 0 Å². The maximum Gasteiger partial charge on any atom is 0.115 e. The van der Waals surface area contributed by atoms with E-state index in [2.05, 4.69) is 32.9 Å². The van der Waals surface area contributed by atoms with Crippen LogP contribution in [0.5, 0.6) is 17.2 Å². The molecule has 0 amide bonds. The van der Waals surface area contributed by atoms with Gasteiger partial charge < -0.3 is 22.2 Å². The third kappa shape index (κ3) is 15.0. The summed E-state index contributed by atoms with van der Waals surface area (Å²) in [5.74, 6) is 0.965. The first-order valence-corrected chi connectivity index (χ1v) is 9.92. The first kappa shape index (κ1) is 29.2. The fourth-order valence-corrected chi connectivity index (χ4v) is 2.17. The van der Waals surface area contributed by atoms with Gasteiger partial charge in [0, 0.05) is 26.2 Å². The van der Waals surface area contributed by atoms with E-state index in [1.807, 2.05) is 36.4 Å². The molecule has 0 saturated heterocycles. The molecule has 0 aromatic heterocycles. The normalized spacial score (nSPS) is 9.22. The van der Waals surface area contributed by atoms with Crippen molar-refractivity contribution in [3.63, 3.8) is 0 Å². The average Bonchev–Trinajstić information content (AvgIpc) is 2.77. The molecule has 0 aliphatic rings. The molecule has 3 nitrogen and oxygen atoms in total. The van der Waals surface area contributed by atoms with Gasteiger partial charge in [-0.1, -0.05) is 104 Å². The smallest absolute Gasteiger partial charge is 0.115 e. The number of hydrogen-bond donors (Lipinski definition) is 3. The standard InChI is InChI=1S/C10H13.3C6H6O.Zr/c1-10(2,3)9-7-5-4-6-8-9;3*7-6-4-2-1-3-5-6;/h4-8H,1H2,2-3H3;3*1-5,7H;/q-1;;;;. The predicted octanol–water partition coefficient (Wildman–Crippen LogP) is 6.97. The van der Waals surface area contributed by atoms with Crippen LogP contribution in [-0.4, -0.2) is 15.3 Å². The summed E-state index contributed by atoms with van der Waals surface area (Å²) in [5, 5.41) is 25.9. The zero-order chi connectivity index (χ0) is 23.0. The first-order chi connectivity index (χ1) is 14.8. The molecule has 32 heavy (non-hydrogen) atoms. The summed E-state index contributed by atoms with van der Waals surface area (Å²) < 4.78 is 0. The molecule has 0 unspecified atom stereocenters. The molecule has 0 aliphatic heterocycles. The fraction of sp³-hybridized carbons (Fsp3) is 0.107. The van der Waals surface area contributed by atoms with Crippen LogP contribution in [0.25, 0.3) is 0 Å². The Kier molecular flexibility index (Phi) is 15.3. The van der Waals surface area contributed by atoms with Crippen molar-refractivity contribution in [1.29, 1.82) is 0 Å². The molecule has 0 saturated carbocycles. The number of para-hydroxylation sites is 3. The van der Waals surface area contributed by atoms with Crippen molar-refractivity contribution in [2.75, 3.05) is 0 Å². The minimum absolute atomic E-state index is 0. The van der Waals surface area contributed by atoms with Gasteiger partial charge in [0.25, 0.3) is 0 Å². The fourth-order valence-electron chi connectivity index (χ4n) is 2.17. The summed E-state index contributed by atoms with van der Waals surface area (Å²) in [6.45, 7) is 8.27. The Labute approximate surface area is 211 Å².